The highest BCUT2D eigenvalue weighted by molar-refractivity contribution is 5.18. The molecule has 0 aliphatic carbocycles. The van der Waals surface area contributed by atoms with Gasteiger partial charge in [0.1, 0.15) is 0 Å². The molecular formula is C8H16N2. The van der Waals surface area contributed by atoms with Gasteiger partial charge in [-0.1, -0.05) is 0 Å². The van der Waals surface area contributed by atoms with E-state index in [1.165, 1.54) is 11.3 Å². The zero-order valence-corrected chi connectivity index (χ0v) is 7.15. The summed E-state index contributed by atoms with van der Waals surface area (Å²) in [5.74, 6) is 0. The van der Waals surface area contributed by atoms with Crippen LogP contribution in [0, 0.1) is 0 Å². The van der Waals surface area contributed by atoms with Gasteiger partial charge >= 0.3 is 0 Å². The highest BCUT2D eigenvalue weighted by Crippen LogP contribution is 1.95. The van der Waals surface area contributed by atoms with Crippen molar-refractivity contribution in [2.45, 2.75) is 13.8 Å². The van der Waals surface area contributed by atoms with E-state index in [1.807, 2.05) is 27.2 Å². The fourth-order valence-corrected chi connectivity index (χ4v) is 0.683. The molecular weight excluding hydrogens is 124 g/mol. The molecule has 0 saturated carbocycles. The van der Waals surface area contributed by atoms with E-state index in [0.717, 1.165) is 0 Å². The highest BCUT2D eigenvalue weighted by Gasteiger charge is 1.82. The lowest BCUT2D eigenvalue weighted by Gasteiger charge is -1.98. The Bertz CT molecular complexity index is 145. The average molecular weight is 140 g/mol. The van der Waals surface area contributed by atoms with Crippen LogP contribution in [-0.4, -0.2) is 14.1 Å². The van der Waals surface area contributed by atoms with E-state index in [-0.39, 0.29) is 0 Å². The Morgan fingerprint density at radius 3 is 2.20 bits per heavy atom. The van der Waals surface area contributed by atoms with E-state index < -0.39 is 0 Å². The maximum absolute atomic E-state index is 3.05. The molecule has 0 aromatic rings. The Kier molecular flexibility index (Phi) is 4.46. The van der Waals surface area contributed by atoms with Crippen molar-refractivity contribution in [1.82, 2.24) is 10.6 Å². The Labute approximate surface area is 63.0 Å². The van der Waals surface area contributed by atoms with Crippen molar-refractivity contribution < 1.29 is 0 Å². The first-order valence-electron chi connectivity index (χ1n) is 3.40. The number of rotatable bonds is 3. The molecule has 2 nitrogen and oxygen atoms in total. The van der Waals surface area contributed by atoms with Crippen LogP contribution >= 0.6 is 0 Å². The third-order valence-corrected chi connectivity index (χ3v) is 1.21. The van der Waals surface area contributed by atoms with E-state index in [9.17, 15) is 0 Å². The minimum atomic E-state index is 1.17. The summed E-state index contributed by atoms with van der Waals surface area (Å²) in [5, 5.41) is 6.01. The third kappa shape index (κ3) is 4.01. The zero-order chi connectivity index (χ0) is 7.98. The summed E-state index contributed by atoms with van der Waals surface area (Å²) in [6.45, 7) is 4.09. The zero-order valence-electron chi connectivity index (χ0n) is 7.15. The van der Waals surface area contributed by atoms with Gasteiger partial charge in [-0.25, -0.2) is 0 Å². The first kappa shape index (κ1) is 9.08. The molecule has 0 atom stereocenters. The molecule has 10 heavy (non-hydrogen) atoms. The van der Waals surface area contributed by atoms with E-state index in [1.54, 1.807) is 0 Å². The van der Waals surface area contributed by atoms with Gasteiger partial charge in [0.15, 0.2) is 0 Å². The van der Waals surface area contributed by atoms with E-state index in [0.29, 0.717) is 0 Å². The van der Waals surface area contributed by atoms with Crippen LogP contribution in [0.4, 0.5) is 0 Å². The molecule has 58 valence electrons. The van der Waals surface area contributed by atoms with Gasteiger partial charge in [-0.15, -0.1) is 0 Å². The lowest BCUT2D eigenvalue weighted by atomic mass is 10.3. The molecule has 0 fully saturated rings. The highest BCUT2D eigenvalue weighted by atomic mass is 14.8. The first-order chi connectivity index (χ1) is 4.70. The molecule has 0 aliphatic rings. The molecule has 2 heteroatoms. The van der Waals surface area contributed by atoms with Crippen LogP contribution in [0.1, 0.15) is 13.8 Å². The van der Waals surface area contributed by atoms with Crippen LogP contribution in [0.5, 0.6) is 0 Å². The molecule has 0 aliphatic heterocycles. The predicted molar refractivity (Wildman–Crippen MR) is 45.6 cm³/mol. The Balaban J connectivity index is 3.98. The molecule has 0 rings (SSSR count). The lowest BCUT2D eigenvalue weighted by Crippen LogP contribution is -2.02. The number of nitrogens with one attached hydrogen (secondary N) is 2. The summed E-state index contributed by atoms with van der Waals surface area (Å²) in [6.07, 6.45) is 4.04. The van der Waals surface area contributed by atoms with Crippen molar-refractivity contribution >= 4 is 0 Å². The van der Waals surface area contributed by atoms with Crippen molar-refractivity contribution in [3.8, 4) is 0 Å². The second-order valence-corrected chi connectivity index (χ2v) is 2.25. The molecule has 2 N–H and O–H groups in total. The van der Waals surface area contributed by atoms with Gasteiger partial charge in [-0.3, -0.25) is 0 Å². The van der Waals surface area contributed by atoms with Gasteiger partial charge in [-0.2, -0.15) is 0 Å². The van der Waals surface area contributed by atoms with Crippen molar-refractivity contribution in [3.05, 3.63) is 23.5 Å². The van der Waals surface area contributed by atoms with Gasteiger partial charge in [0.05, 0.1) is 0 Å². The maximum atomic E-state index is 3.05. The Morgan fingerprint density at radius 1 is 1.20 bits per heavy atom. The summed E-state index contributed by atoms with van der Waals surface area (Å²) in [5.41, 5.74) is 2.39. The van der Waals surface area contributed by atoms with Crippen LogP contribution in [0.3, 0.4) is 0 Å². The summed E-state index contributed by atoms with van der Waals surface area (Å²) >= 11 is 0. The smallest absolute Gasteiger partial charge is 0.00756 e. The van der Waals surface area contributed by atoms with Gasteiger partial charge in [0.25, 0.3) is 0 Å². The van der Waals surface area contributed by atoms with Gasteiger partial charge < -0.3 is 10.6 Å². The number of hydrogen-bond donors (Lipinski definition) is 2. The average Bonchev–Trinajstić information content (AvgIpc) is 1.88. The SMILES string of the molecule is CN/C=C(C)\C=C(/C)NC. The van der Waals surface area contributed by atoms with Crippen LogP contribution in [-0.2, 0) is 0 Å². The molecule has 0 radical (unpaired) electrons. The van der Waals surface area contributed by atoms with Gasteiger partial charge in [-0.05, 0) is 31.7 Å². The molecule has 0 spiro atoms. The van der Waals surface area contributed by atoms with Crippen LogP contribution in [0.2, 0.25) is 0 Å². The Morgan fingerprint density at radius 2 is 1.80 bits per heavy atom. The maximum Gasteiger partial charge on any atom is 0.00756 e. The topological polar surface area (TPSA) is 24.1 Å². The third-order valence-electron chi connectivity index (χ3n) is 1.21. The molecule has 0 saturated heterocycles. The minimum Gasteiger partial charge on any atom is -0.394 e. The van der Waals surface area contributed by atoms with Crippen molar-refractivity contribution in [3.63, 3.8) is 0 Å². The summed E-state index contributed by atoms with van der Waals surface area (Å²) in [4.78, 5) is 0. The normalized spacial score (nSPS) is 13.2. The quantitative estimate of drug-likeness (QED) is 0.576. The van der Waals surface area contributed by atoms with E-state index in [4.69, 9.17) is 0 Å². The summed E-state index contributed by atoms with van der Waals surface area (Å²) in [7, 11) is 3.81. The van der Waals surface area contributed by atoms with Crippen molar-refractivity contribution in [2.24, 2.45) is 0 Å². The van der Waals surface area contributed by atoms with Gasteiger partial charge in [0, 0.05) is 19.8 Å². The van der Waals surface area contributed by atoms with Crippen LogP contribution in [0.25, 0.3) is 0 Å². The molecule has 0 amide bonds. The lowest BCUT2D eigenvalue weighted by molar-refractivity contribution is 0.982. The second-order valence-electron chi connectivity index (χ2n) is 2.25. The van der Waals surface area contributed by atoms with E-state index in [2.05, 4.69) is 23.6 Å². The molecule has 0 unspecified atom stereocenters. The predicted octanol–water partition coefficient (Wildman–Crippen LogP) is 1.23. The fraction of sp³-hybridized carbons (Fsp3) is 0.500. The van der Waals surface area contributed by atoms with Crippen molar-refractivity contribution in [1.29, 1.82) is 0 Å². The molecule has 0 heterocycles. The molecule has 0 aromatic carbocycles. The van der Waals surface area contributed by atoms with Crippen LogP contribution < -0.4 is 10.6 Å². The molecule has 0 aromatic heterocycles. The minimum absolute atomic E-state index is 1.17. The van der Waals surface area contributed by atoms with Crippen molar-refractivity contribution in [2.75, 3.05) is 14.1 Å². The van der Waals surface area contributed by atoms with Gasteiger partial charge in [0.2, 0.25) is 0 Å². The van der Waals surface area contributed by atoms with E-state index >= 15 is 0 Å². The summed E-state index contributed by atoms with van der Waals surface area (Å²) in [6, 6.07) is 0. The number of hydrogen-bond acceptors (Lipinski definition) is 2. The molecule has 0 bridgehead atoms. The second kappa shape index (κ2) is 4.91. The first-order valence-corrected chi connectivity index (χ1v) is 3.40. The fourth-order valence-electron chi connectivity index (χ4n) is 0.683. The standard InChI is InChI=1S/C8H16N2/c1-7(6-9-3)5-8(2)10-4/h5-6,9-10H,1-4H3/b7-6-,8-5+. The largest absolute Gasteiger partial charge is 0.394 e. The monoisotopic (exact) mass is 140 g/mol. The van der Waals surface area contributed by atoms with Crippen LogP contribution in [0.15, 0.2) is 23.5 Å². The Hall–Kier alpha value is -0.920. The number of allylic oxidation sites excluding steroid dienone is 3. The summed E-state index contributed by atoms with van der Waals surface area (Å²) < 4.78 is 0.